The van der Waals surface area contributed by atoms with Crippen molar-refractivity contribution in [2.45, 2.75) is 108 Å². The summed E-state index contributed by atoms with van der Waals surface area (Å²) < 4.78 is 20.1. The summed E-state index contributed by atoms with van der Waals surface area (Å²) in [4.78, 5) is 23.1. The van der Waals surface area contributed by atoms with Crippen LogP contribution in [0.2, 0.25) is 0 Å². The molecule has 0 amide bonds. The summed E-state index contributed by atoms with van der Waals surface area (Å²) in [7, 11) is 0. The molecule has 312 valence electrons. The quantitative estimate of drug-likeness (QED) is 0.0491. The number of carbonyl (C=O) groups excluding carboxylic acids is 2. The van der Waals surface area contributed by atoms with Crippen LogP contribution in [0.15, 0.2) is 130 Å². The molecule has 2 saturated heterocycles. The van der Waals surface area contributed by atoms with Crippen molar-refractivity contribution in [3.63, 3.8) is 0 Å². The van der Waals surface area contributed by atoms with Gasteiger partial charge in [-0.2, -0.15) is 0 Å². The Morgan fingerprint density at radius 3 is 1.75 bits per heavy atom. The molecule has 0 aliphatic carbocycles. The van der Waals surface area contributed by atoms with Crippen LogP contribution in [0.4, 0.5) is 0 Å². The van der Waals surface area contributed by atoms with Crippen molar-refractivity contribution in [2.24, 2.45) is 11.3 Å². The second-order valence-electron chi connectivity index (χ2n) is 12.7. The Hall–Kier alpha value is -4.30. The van der Waals surface area contributed by atoms with Crippen LogP contribution in [-0.4, -0.2) is 56.1 Å². The van der Waals surface area contributed by atoms with Gasteiger partial charge in [0.15, 0.2) is 0 Å². The molecular weight excluding hydrogens is 689 g/mol. The first-order valence-electron chi connectivity index (χ1n) is 17.5. The van der Waals surface area contributed by atoms with Gasteiger partial charge in [-0.3, -0.25) is 4.79 Å². The van der Waals surface area contributed by atoms with Gasteiger partial charge in [0.1, 0.15) is 25.4 Å². The molecule has 2 heterocycles. The average molecular weight is 767 g/mol. The average Bonchev–Trinajstić information content (AvgIpc) is 4.09. The normalized spacial score (nSPS) is 15.9. The number of hydrogen-bond acceptors (Lipinski definition) is 6. The van der Waals surface area contributed by atoms with Gasteiger partial charge < -0.3 is 24.4 Å². The number of benzene rings is 2. The van der Waals surface area contributed by atoms with Gasteiger partial charge in [0.2, 0.25) is 0 Å². The lowest BCUT2D eigenvalue weighted by molar-refractivity contribution is -0.155. The number of hydrogen-bond donors (Lipinski definition) is 0. The van der Waals surface area contributed by atoms with E-state index in [-0.39, 0.29) is 59.3 Å². The highest BCUT2D eigenvalue weighted by Gasteiger charge is 2.34. The zero-order chi connectivity index (χ0) is 37.2. The lowest BCUT2D eigenvalue weighted by Gasteiger charge is -2.24. The molecule has 2 N–H and O–H groups in total. The van der Waals surface area contributed by atoms with Crippen LogP contribution in [0, 0.1) is 11.3 Å². The number of rotatable bonds is 18. The monoisotopic (exact) mass is 767 g/mol. The van der Waals surface area contributed by atoms with Gasteiger partial charge in [-0.25, -0.2) is 4.79 Å². The van der Waals surface area contributed by atoms with Crippen LogP contribution in [-0.2, 0) is 28.5 Å². The highest BCUT2D eigenvalue weighted by Crippen LogP contribution is 2.31. The lowest BCUT2D eigenvalue weighted by atomic mass is 9.83. The van der Waals surface area contributed by atoms with E-state index in [0.29, 0.717) is 50.3 Å². The molecule has 2 fully saturated rings. The van der Waals surface area contributed by atoms with Gasteiger partial charge in [0.05, 0.1) is 18.6 Å². The number of ether oxygens (including phenoxy) is 4. The van der Waals surface area contributed by atoms with Crippen LogP contribution in [0.25, 0.3) is 6.08 Å². The molecule has 2 aromatic rings. The van der Waals surface area contributed by atoms with Crippen molar-refractivity contribution in [1.82, 2.24) is 0 Å². The summed E-state index contributed by atoms with van der Waals surface area (Å²) in [6, 6.07) is 20.8. The van der Waals surface area contributed by atoms with E-state index in [1.54, 1.807) is 19.1 Å². The molecule has 55 heavy (non-hydrogen) atoms. The highest BCUT2D eigenvalue weighted by atomic mass is 16.6. The molecule has 5 unspecified atom stereocenters. The largest absolute Gasteiger partial charge is 0.462 e. The Kier molecular flexibility index (Phi) is 38.6. The summed E-state index contributed by atoms with van der Waals surface area (Å²) >= 11 is 0. The van der Waals surface area contributed by atoms with Crippen LogP contribution in [0.1, 0.15) is 107 Å². The molecule has 0 bridgehead atoms. The molecule has 2 aromatic carbocycles. The molecule has 2 aliphatic rings. The van der Waals surface area contributed by atoms with Crippen LogP contribution < -0.4 is 0 Å². The number of allylic oxidation sites excluding steroid dienone is 5. The van der Waals surface area contributed by atoms with E-state index in [4.69, 9.17) is 18.9 Å². The van der Waals surface area contributed by atoms with E-state index < -0.39 is 5.41 Å². The topological polar surface area (TPSA) is 109 Å². The highest BCUT2D eigenvalue weighted by molar-refractivity contribution is 5.86. The standard InChI is InChI=1S/C25H36O3.C8H8.C7H10O3.C4H6.4CH4.H2O/c1-5-20(3)17-22(21-13-9-7-10-14-21)15-11-8-12-16-25(4,6-2)24(26)28-19-23-18-27-23;1-2-8-6-4-3-5-7-8;1-5(2)7(8)10-4-6-3-9-6;1-3-4-2;;;;;/h5,7-10,12-14,20,22-23H,1,6,11,15-19H2,2-4H3;2-7H,1H2;6H,1,3-4H2,2H3;3-4H,1-2H2;4*1H4;1H2/b12-8-;;;;;;;;. The first kappa shape index (κ1) is 60.0. The second kappa shape index (κ2) is 35.4. The van der Waals surface area contributed by atoms with Gasteiger partial charge in [-0.15, -0.1) is 6.58 Å². The molecular formula is C48H78O7. The van der Waals surface area contributed by atoms with Crippen LogP contribution in [0.3, 0.4) is 0 Å². The predicted octanol–water partition coefficient (Wildman–Crippen LogP) is 12.0. The second-order valence-corrected chi connectivity index (χ2v) is 12.7. The van der Waals surface area contributed by atoms with E-state index >= 15 is 0 Å². The maximum absolute atomic E-state index is 12.4. The van der Waals surface area contributed by atoms with Crippen molar-refractivity contribution in [3.8, 4) is 0 Å². The molecule has 2 aliphatic heterocycles. The fraction of sp³-hybridized carbons (Fsp3) is 0.458. The summed E-state index contributed by atoms with van der Waals surface area (Å²) in [5.41, 5.74) is 2.55. The van der Waals surface area contributed by atoms with Gasteiger partial charge >= 0.3 is 11.9 Å². The summed E-state index contributed by atoms with van der Waals surface area (Å²) in [6.45, 7) is 27.8. The Morgan fingerprint density at radius 2 is 1.35 bits per heavy atom. The van der Waals surface area contributed by atoms with Crippen molar-refractivity contribution in [2.75, 3.05) is 26.4 Å². The first-order chi connectivity index (χ1) is 24.0. The van der Waals surface area contributed by atoms with E-state index in [1.165, 1.54) is 11.1 Å². The first-order valence-corrected chi connectivity index (χ1v) is 17.5. The molecule has 7 heteroatoms. The van der Waals surface area contributed by atoms with Crippen molar-refractivity contribution in [3.05, 3.63) is 141 Å². The molecule has 0 spiro atoms. The maximum Gasteiger partial charge on any atom is 0.333 e. The van der Waals surface area contributed by atoms with E-state index in [0.717, 1.165) is 25.7 Å². The number of esters is 2. The van der Waals surface area contributed by atoms with Gasteiger partial charge in [0, 0.05) is 5.57 Å². The number of carbonyl (C=O) groups is 2. The Balaban J connectivity index is -0.000000254. The molecule has 0 saturated carbocycles. The predicted molar refractivity (Wildman–Crippen MR) is 238 cm³/mol. The third kappa shape index (κ3) is 28.8. The SMILES string of the molecule is C.C.C.C.C=C(C)C(=O)OCC1CO1.C=CC(C)CC(CC/C=C\CC(C)(CC)C(=O)OCC1CO1)c1ccccc1.C=CC=C.C=Cc1ccccc1.O. The zero-order valence-electron chi connectivity index (χ0n) is 31.4. The lowest BCUT2D eigenvalue weighted by Crippen LogP contribution is -2.29. The van der Waals surface area contributed by atoms with Crippen molar-refractivity contribution < 1.29 is 34.0 Å². The minimum atomic E-state index is -0.457. The van der Waals surface area contributed by atoms with Crippen LogP contribution in [0.5, 0.6) is 0 Å². The number of epoxide rings is 2. The van der Waals surface area contributed by atoms with Gasteiger partial charge in [-0.1, -0.05) is 167 Å². The third-order valence-corrected chi connectivity index (χ3v) is 8.18. The minimum absolute atomic E-state index is 0. The molecule has 5 atom stereocenters. The smallest absolute Gasteiger partial charge is 0.333 e. The Morgan fingerprint density at radius 1 is 0.855 bits per heavy atom. The molecule has 0 radical (unpaired) electrons. The zero-order valence-corrected chi connectivity index (χ0v) is 31.4. The fourth-order valence-electron chi connectivity index (χ4n) is 4.37. The van der Waals surface area contributed by atoms with Crippen molar-refractivity contribution in [1.29, 1.82) is 0 Å². The van der Waals surface area contributed by atoms with Gasteiger partial charge in [0.25, 0.3) is 0 Å². The minimum Gasteiger partial charge on any atom is -0.462 e. The van der Waals surface area contributed by atoms with Crippen LogP contribution >= 0.6 is 0 Å². The third-order valence-electron chi connectivity index (χ3n) is 8.18. The fourth-order valence-corrected chi connectivity index (χ4v) is 4.37. The van der Waals surface area contributed by atoms with E-state index in [2.05, 4.69) is 82.3 Å². The summed E-state index contributed by atoms with van der Waals surface area (Å²) in [5.74, 6) is 0.579. The molecule has 4 rings (SSSR count). The van der Waals surface area contributed by atoms with E-state index in [1.807, 2.05) is 56.3 Å². The summed E-state index contributed by atoms with van der Waals surface area (Å²) in [5, 5.41) is 0. The van der Waals surface area contributed by atoms with E-state index in [9.17, 15) is 9.59 Å². The molecule has 0 aromatic heterocycles. The maximum atomic E-state index is 12.4. The Bertz CT molecular complexity index is 1320. The Labute approximate surface area is 337 Å². The summed E-state index contributed by atoms with van der Waals surface area (Å²) in [6.07, 6.45) is 16.5. The van der Waals surface area contributed by atoms with Gasteiger partial charge in [-0.05, 0) is 68.9 Å². The molecule has 7 nitrogen and oxygen atoms in total. The van der Waals surface area contributed by atoms with Crippen molar-refractivity contribution >= 4 is 18.0 Å².